The molecule has 18 heavy (non-hydrogen) atoms. The number of aryl methyl sites for hydroxylation is 1. The Hall–Kier alpha value is -1.32. The maximum Gasteiger partial charge on any atom is 0.130 e. The number of nitrogens with one attached hydrogen (secondary N) is 1. The van der Waals surface area contributed by atoms with Gasteiger partial charge in [-0.3, -0.25) is 0 Å². The minimum absolute atomic E-state index is 0.850. The first-order chi connectivity index (χ1) is 8.69. The molecular formula is C15H16BrNO. The molecule has 0 unspecified atom stereocenters. The van der Waals surface area contributed by atoms with E-state index in [0.29, 0.717) is 0 Å². The van der Waals surface area contributed by atoms with Crippen LogP contribution in [0.4, 0.5) is 0 Å². The highest BCUT2D eigenvalue weighted by Gasteiger charge is 2.02. The maximum atomic E-state index is 5.86. The molecule has 0 aliphatic heterocycles. The van der Waals surface area contributed by atoms with Crippen LogP contribution in [0.5, 0.6) is 11.5 Å². The molecule has 2 nitrogen and oxygen atoms in total. The quantitative estimate of drug-likeness (QED) is 0.911. The Bertz CT molecular complexity index is 523. The van der Waals surface area contributed by atoms with Gasteiger partial charge < -0.3 is 10.1 Å². The fourth-order valence-corrected chi connectivity index (χ4v) is 2.03. The number of hydrogen-bond acceptors (Lipinski definition) is 2. The van der Waals surface area contributed by atoms with Crippen molar-refractivity contribution in [1.82, 2.24) is 5.32 Å². The Balaban J connectivity index is 2.16. The van der Waals surface area contributed by atoms with E-state index in [9.17, 15) is 0 Å². The third kappa shape index (κ3) is 3.34. The Kier molecular flexibility index (Phi) is 4.39. The topological polar surface area (TPSA) is 21.3 Å². The predicted octanol–water partition coefficient (Wildman–Crippen LogP) is 4.27. The van der Waals surface area contributed by atoms with E-state index in [-0.39, 0.29) is 0 Å². The summed E-state index contributed by atoms with van der Waals surface area (Å²) in [5.74, 6) is 1.75. The molecule has 2 aromatic rings. The van der Waals surface area contributed by atoms with Gasteiger partial charge in [-0.1, -0.05) is 28.1 Å². The van der Waals surface area contributed by atoms with Crippen molar-refractivity contribution in [3.63, 3.8) is 0 Å². The van der Waals surface area contributed by atoms with E-state index in [1.165, 1.54) is 5.56 Å². The molecule has 2 rings (SSSR count). The average molecular weight is 306 g/mol. The van der Waals surface area contributed by atoms with Gasteiger partial charge >= 0.3 is 0 Å². The highest BCUT2D eigenvalue weighted by Crippen LogP contribution is 2.26. The molecule has 3 heteroatoms. The fraction of sp³-hybridized carbons (Fsp3) is 0.200. The number of hydrogen-bond donors (Lipinski definition) is 1. The lowest BCUT2D eigenvalue weighted by Crippen LogP contribution is -2.05. The van der Waals surface area contributed by atoms with Crippen molar-refractivity contribution in [3.8, 4) is 11.5 Å². The van der Waals surface area contributed by atoms with Crippen molar-refractivity contribution in [2.45, 2.75) is 13.5 Å². The molecule has 0 heterocycles. The van der Waals surface area contributed by atoms with Crippen molar-refractivity contribution >= 4 is 15.9 Å². The number of ether oxygens (including phenoxy) is 1. The van der Waals surface area contributed by atoms with Crippen LogP contribution in [-0.2, 0) is 6.54 Å². The lowest BCUT2D eigenvalue weighted by Gasteiger charge is -2.10. The summed E-state index contributed by atoms with van der Waals surface area (Å²) in [4.78, 5) is 0. The molecule has 0 atom stereocenters. The Labute approximate surface area is 116 Å². The van der Waals surface area contributed by atoms with E-state index in [1.54, 1.807) is 0 Å². The van der Waals surface area contributed by atoms with Gasteiger partial charge in [-0.15, -0.1) is 0 Å². The smallest absolute Gasteiger partial charge is 0.130 e. The zero-order chi connectivity index (χ0) is 13.0. The number of halogens is 1. The molecule has 0 bridgehead atoms. The first-order valence-electron chi connectivity index (χ1n) is 5.86. The first-order valence-corrected chi connectivity index (χ1v) is 6.66. The van der Waals surface area contributed by atoms with Crippen LogP contribution >= 0.6 is 15.9 Å². The minimum Gasteiger partial charge on any atom is -0.457 e. The van der Waals surface area contributed by atoms with Crippen LogP contribution in [0, 0.1) is 6.92 Å². The van der Waals surface area contributed by atoms with Crippen LogP contribution in [-0.4, -0.2) is 7.05 Å². The monoisotopic (exact) mass is 305 g/mol. The molecular weight excluding hydrogens is 290 g/mol. The number of benzene rings is 2. The van der Waals surface area contributed by atoms with Crippen LogP contribution in [0.25, 0.3) is 0 Å². The summed E-state index contributed by atoms with van der Waals surface area (Å²) < 4.78 is 6.91. The highest BCUT2D eigenvalue weighted by molar-refractivity contribution is 9.10. The van der Waals surface area contributed by atoms with E-state index < -0.39 is 0 Å². The minimum atomic E-state index is 0.850. The molecule has 0 aliphatic rings. The summed E-state index contributed by atoms with van der Waals surface area (Å²) in [5, 5.41) is 3.14. The molecule has 0 spiro atoms. The van der Waals surface area contributed by atoms with Crippen molar-refractivity contribution in [3.05, 3.63) is 58.1 Å². The first kappa shape index (κ1) is 13.1. The molecule has 0 radical (unpaired) electrons. The maximum absolute atomic E-state index is 5.86. The van der Waals surface area contributed by atoms with Crippen LogP contribution < -0.4 is 10.1 Å². The van der Waals surface area contributed by atoms with Crippen molar-refractivity contribution < 1.29 is 4.74 Å². The second kappa shape index (κ2) is 6.03. The molecule has 2 aromatic carbocycles. The summed E-state index contributed by atoms with van der Waals surface area (Å²) in [7, 11) is 1.95. The van der Waals surface area contributed by atoms with Crippen molar-refractivity contribution in [2.75, 3.05) is 7.05 Å². The van der Waals surface area contributed by atoms with Gasteiger partial charge in [0.1, 0.15) is 11.5 Å². The summed E-state index contributed by atoms with van der Waals surface area (Å²) >= 11 is 3.41. The van der Waals surface area contributed by atoms with Gasteiger partial charge in [-0.25, -0.2) is 0 Å². The van der Waals surface area contributed by atoms with Crippen LogP contribution in [0.2, 0.25) is 0 Å². The predicted molar refractivity (Wildman–Crippen MR) is 78.2 cm³/mol. The van der Waals surface area contributed by atoms with Gasteiger partial charge in [0.05, 0.1) is 0 Å². The molecule has 0 saturated carbocycles. The Morgan fingerprint density at radius 2 is 1.83 bits per heavy atom. The zero-order valence-electron chi connectivity index (χ0n) is 10.5. The standard InChI is InChI=1S/C15H16BrNO/c1-11-9-12(10-17-2)3-8-15(11)18-14-6-4-13(16)5-7-14/h3-9,17H,10H2,1-2H3. The molecule has 0 amide bonds. The normalized spacial score (nSPS) is 10.4. The van der Waals surface area contributed by atoms with E-state index in [4.69, 9.17) is 4.74 Å². The van der Waals surface area contributed by atoms with E-state index in [2.05, 4.69) is 40.3 Å². The van der Waals surface area contributed by atoms with Gasteiger partial charge in [0.2, 0.25) is 0 Å². The van der Waals surface area contributed by atoms with Gasteiger partial charge in [0, 0.05) is 11.0 Å². The molecule has 1 N–H and O–H groups in total. The lowest BCUT2D eigenvalue weighted by molar-refractivity contribution is 0.478. The van der Waals surface area contributed by atoms with E-state index >= 15 is 0 Å². The molecule has 0 aliphatic carbocycles. The Morgan fingerprint density at radius 3 is 2.44 bits per heavy atom. The van der Waals surface area contributed by atoms with Crippen molar-refractivity contribution in [1.29, 1.82) is 0 Å². The zero-order valence-corrected chi connectivity index (χ0v) is 12.1. The summed E-state index contributed by atoms with van der Waals surface area (Å²) in [5.41, 5.74) is 2.41. The molecule has 0 saturated heterocycles. The third-order valence-corrected chi connectivity index (χ3v) is 3.19. The van der Waals surface area contributed by atoms with Gasteiger partial charge in [-0.2, -0.15) is 0 Å². The largest absolute Gasteiger partial charge is 0.457 e. The van der Waals surface area contributed by atoms with Gasteiger partial charge in [-0.05, 0) is 55.4 Å². The van der Waals surface area contributed by atoms with Crippen LogP contribution in [0.3, 0.4) is 0 Å². The van der Waals surface area contributed by atoms with E-state index in [0.717, 1.165) is 28.1 Å². The van der Waals surface area contributed by atoms with E-state index in [1.807, 2.05) is 37.4 Å². The second-order valence-corrected chi connectivity index (χ2v) is 5.10. The fourth-order valence-electron chi connectivity index (χ4n) is 1.77. The second-order valence-electron chi connectivity index (χ2n) is 4.19. The van der Waals surface area contributed by atoms with Gasteiger partial charge in [0.25, 0.3) is 0 Å². The number of rotatable bonds is 4. The molecule has 94 valence electrons. The molecule has 0 aromatic heterocycles. The Morgan fingerprint density at radius 1 is 1.11 bits per heavy atom. The highest BCUT2D eigenvalue weighted by atomic mass is 79.9. The summed E-state index contributed by atoms with van der Waals surface area (Å²) in [6, 6.07) is 14.1. The lowest BCUT2D eigenvalue weighted by atomic mass is 10.1. The van der Waals surface area contributed by atoms with Crippen LogP contribution in [0.15, 0.2) is 46.9 Å². The third-order valence-electron chi connectivity index (χ3n) is 2.66. The van der Waals surface area contributed by atoms with Crippen molar-refractivity contribution in [2.24, 2.45) is 0 Å². The summed E-state index contributed by atoms with van der Waals surface area (Å²) in [6.45, 7) is 2.94. The molecule has 0 fully saturated rings. The SMILES string of the molecule is CNCc1ccc(Oc2ccc(Br)cc2)c(C)c1. The average Bonchev–Trinajstić information content (AvgIpc) is 2.36. The van der Waals surface area contributed by atoms with Gasteiger partial charge in [0.15, 0.2) is 0 Å². The summed E-state index contributed by atoms with van der Waals surface area (Å²) in [6.07, 6.45) is 0. The van der Waals surface area contributed by atoms with Crippen LogP contribution in [0.1, 0.15) is 11.1 Å².